The molecule has 4 amide bonds. The molecule has 4 aromatic carbocycles. The van der Waals surface area contributed by atoms with Crippen molar-refractivity contribution in [1.29, 1.82) is 0 Å². The first kappa shape index (κ1) is 45.5. The van der Waals surface area contributed by atoms with Crippen molar-refractivity contribution >= 4 is 66.7 Å². The van der Waals surface area contributed by atoms with E-state index in [1.54, 1.807) is 72.9 Å². The molecule has 6 aromatic rings. The van der Waals surface area contributed by atoms with Gasteiger partial charge in [0.1, 0.15) is 0 Å². The lowest BCUT2D eigenvalue weighted by Crippen LogP contribution is -2.33. The fourth-order valence-corrected chi connectivity index (χ4v) is 7.88. The van der Waals surface area contributed by atoms with Gasteiger partial charge in [0.05, 0.1) is 30.8 Å². The quantitative estimate of drug-likeness (QED) is 0.0691. The second-order valence-corrected chi connectivity index (χ2v) is 17.6. The number of amides is 4. The van der Waals surface area contributed by atoms with E-state index in [0.717, 1.165) is 48.3 Å². The first-order valence-electron chi connectivity index (χ1n) is 21.5. The number of carbonyl (C=O) groups is 4. The predicted octanol–water partition coefficient (Wildman–Crippen LogP) is 8.05. The van der Waals surface area contributed by atoms with Crippen LogP contribution in [0.2, 0.25) is 0 Å². The van der Waals surface area contributed by atoms with Gasteiger partial charge < -0.3 is 26.0 Å². The molecular formula is C49H52N6O8S. The van der Waals surface area contributed by atoms with Gasteiger partial charge in [0.15, 0.2) is 11.4 Å². The molecule has 0 spiro atoms. The van der Waals surface area contributed by atoms with Gasteiger partial charge in [-0.1, -0.05) is 73.5 Å². The van der Waals surface area contributed by atoms with Gasteiger partial charge in [-0.05, 0) is 114 Å². The lowest BCUT2D eigenvalue weighted by molar-refractivity contribution is 0.0926. The van der Waals surface area contributed by atoms with Gasteiger partial charge >= 0.3 is 0 Å². The molecule has 2 saturated carbocycles. The highest BCUT2D eigenvalue weighted by Gasteiger charge is 2.23. The molecule has 0 aliphatic heterocycles. The number of nitrogens with one attached hydrogen (secondary N) is 4. The van der Waals surface area contributed by atoms with Gasteiger partial charge in [-0.2, -0.15) is 8.42 Å². The number of ether oxygens (including phenoxy) is 1. The van der Waals surface area contributed by atoms with E-state index in [0.29, 0.717) is 77.0 Å². The van der Waals surface area contributed by atoms with E-state index < -0.39 is 16.0 Å². The molecule has 15 heteroatoms. The summed E-state index contributed by atoms with van der Waals surface area (Å²) in [5, 5.41) is 14.7. The summed E-state index contributed by atoms with van der Waals surface area (Å²) in [5.74, 6) is -0.210. The van der Waals surface area contributed by atoms with E-state index in [1.807, 2.05) is 37.3 Å². The minimum absolute atomic E-state index is 0.130. The molecule has 4 N–H and O–H groups in total. The molecule has 0 unspecified atom stereocenters. The second kappa shape index (κ2) is 21.2. The predicted molar refractivity (Wildman–Crippen MR) is 247 cm³/mol. The molecule has 0 saturated heterocycles. The maximum Gasteiger partial charge on any atom is 0.272 e. The van der Waals surface area contributed by atoms with Gasteiger partial charge in [-0.3, -0.25) is 23.4 Å². The number of pyridine rings is 2. The van der Waals surface area contributed by atoms with Crippen LogP contribution in [0.3, 0.4) is 0 Å². The Hall–Kier alpha value is -6.55. The van der Waals surface area contributed by atoms with Crippen LogP contribution >= 0.6 is 0 Å². The van der Waals surface area contributed by atoms with Crippen molar-refractivity contribution in [2.24, 2.45) is 11.8 Å². The normalized spacial score (nSPS) is 13.8. The van der Waals surface area contributed by atoms with Gasteiger partial charge in [-0.25, -0.2) is 9.97 Å². The number of hydrogen-bond donors (Lipinski definition) is 4. The number of nitrogens with zero attached hydrogens (tertiary/aromatic N) is 2. The number of fused-ring (bicyclic) bond motifs is 2. The zero-order valence-corrected chi connectivity index (χ0v) is 36.7. The number of benzene rings is 4. The van der Waals surface area contributed by atoms with E-state index in [9.17, 15) is 27.6 Å². The number of rotatable bonds is 16. The summed E-state index contributed by atoms with van der Waals surface area (Å²) in [6.07, 6.45) is 11.0. The van der Waals surface area contributed by atoms with E-state index in [4.69, 9.17) is 8.92 Å². The molecule has 64 heavy (non-hydrogen) atoms. The SMILES string of the molecule is CCOCc1ccc(C(=O)Nc2cccnc2C(=O)NCC2CCC2)c2ccccc12.CS(=O)(=O)OCc1ccc(C(=O)Nc2cccnc2C(=O)NCC2CCC2)c2ccccc12. The third-order valence-corrected chi connectivity index (χ3v) is 12.0. The topological polar surface area (TPSA) is 195 Å². The van der Waals surface area contributed by atoms with Crippen LogP contribution in [0.5, 0.6) is 0 Å². The number of hydrogen-bond acceptors (Lipinski definition) is 10. The first-order valence-corrected chi connectivity index (χ1v) is 23.3. The molecule has 332 valence electrons. The maximum absolute atomic E-state index is 13.2. The van der Waals surface area contributed by atoms with Crippen LogP contribution in [0.15, 0.2) is 109 Å². The summed E-state index contributed by atoms with van der Waals surface area (Å²) in [6.45, 7) is 4.20. The van der Waals surface area contributed by atoms with Gasteiger partial charge in [-0.15, -0.1) is 0 Å². The molecule has 0 atom stereocenters. The molecule has 2 fully saturated rings. The second-order valence-electron chi connectivity index (χ2n) is 16.0. The fraction of sp³-hybridized carbons (Fsp3) is 0.306. The lowest BCUT2D eigenvalue weighted by atomic mass is 9.85. The standard InChI is InChI=1S/C25H27N3O3.C24H25N3O5S/c1-2-31-16-18-12-13-21(20-10-4-3-9-19(18)20)24(29)28-22-11-6-14-26-23(22)25(30)27-15-17-7-5-8-17;1-33(30,31)32-15-17-11-12-20(19-9-3-2-8-18(17)19)23(28)27-21-10-5-13-25-22(21)24(29)26-14-16-6-4-7-16/h3-4,6,9-14,17H,2,5,7-8,15-16H2,1H3,(H,27,30)(H,28,29);2-3,5,8-13,16H,4,6-7,14-15H2,1H3,(H,26,29)(H,27,28). The van der Waals surface area contributed by atoms with E-state index in [-0.39, 0.29) is 35.7 Å². The summed E-state index contributed by atoms with van der Waals surface area (Å²) in [5.41, 5.74) is 3.72. The van der Waals surface area contributed by atoms with Crippen LogP contribution in [0.1, 0.15) is 98.3 Å². The monoisotopic (exact) mass is 884 g/mol. The van der Waals surface area contributed by atoms with Crippen molar-refractivity contribution in [3.8, 4) is 0 Å². The van der Waals surface area contributed by atoms with Crippen molar-refractivity contribution in [2.45, 2.75) is 58.7 Å². The van der Waals surface area contributed by atoms with Crippen LogP contribution < -0.4 is 21.3 Å². The summed E-state index contributed by atoms with van der Waals surface area (Å²) < 4.78 is 33.3. The number of aromatic nitrogens is 2. The molecule has 0 bridgehead atoms. The zero-order valence-electron chi connectivity index (χ0n) is 35.9. The smallest absolute Gasteiger partial charge is 0.272 e. The van der Waals surface area contributed by atoms with Gasteiger partial charge in [0, 0.05) is 43.2 Å². The third kappa shape index (κ3) is 11.5. The van der Waals surface area contributed by atoms with Crippen molar-refractivity contribution in [3.05, 3.63) is 143 Å². The highest BCUT2D eigenvalue weighted by atomic mass is 32.2. The maximum atomic E-state index is 13.2. The van der Waals surface area contributed by atoms with Crippen molar-refractivity contribution in [3.63, 3.8) is 0 Å². The highest BCUT2D eigenvalue weighted by Crippen LogP contribution is 2.29. The average Bonchev–Trinajstić information content (AvgIpc) is 3.26. The number of carbonyl (C=O) groups excluding carboxylic acids is 4. The fourth-order valence-electron chi connectivity index (χ4n) is 7.54. The van der Waals surface area contributed by atoms with Gasteiger partial charge in [0.25, 0.3) is 33.7 Å². The average molecular weight is 885 g/mol. The Morgan fingerprint density at radius 2 is 1.02 bits per heavy atom. The summed E-state index contributed by atoms with van der Waals surface area (Å²) in [7, 11) is -3.60. The van der Waals surface area contributed by atoms with E-state index in [2.05, 4.69) is 31.2 Å². The molecule has 2 aliphatic carbocycles. The molecule has 14 nitrogen and oxygen atoms in total. The summed E-state index contributed by atoms with van der Waals surface area (Å²) in [4.78, 5) is 60.0. The Kier molecular flexibility index (Phi) is 15.1. The van der Waals surface area contributed by atoms with Crippen LogP contribution in [-0.4, -0.2) is 68.0 Å². The molecule has 8 rings (SSSR count). The minimum atomic E-state index is -3.60. The van der Waals surface area contributed by atoms with Crippen LogP contribution in [0.25, 0.3) is 21.5 Å². The van der Waals surface area contributed by atoms with Crippen molar-refractivity contribution in [2.75, 3.05) is 36.6 Å². The molecule has 0 radical (unpaired) electrons. The van der Waals surface area contributed by atoms with Crippen LogP contribution in [0, 0.1) is 11.8 Å². The summed E-state index contributed by atoms with van der Waals surface area (Å²) >= 11 is 0. The zero-order chi connectivity index (χ0) is 45.1. The third-order valence-electron chi connectivity index (χ3n) is 11.5. The molecule has 2 aromatic heterocycles. The Morgan fingerprint density at radius 3 is 1.42 bits per heavy atom. The van der Waals surface area contributed by atoms with E-state index in [1.165, 1.54) is 19.0 Å². The Morgan fingerprint density at radius 1 is 0.578 bits per heavy atom. The van der Waals surface area contributed by atoms with Crippen LogP contribution in [-0.2, 0) is 32.3 Å². The van der Waals surface area contributed by atoms with Crippen molar-refractivity contribution in [1.82, 2.24) is 20.6 Å². The van der Waals surface area contributed by atoms with Crippen LogP contribution in [0.4, 0.5) is 11.4 Å². The molecule has 2 heterocycles. The number of anilines is 2. The van der Waals surface area contributed by atoms with Crippen molar-refractivity contribution < 1.29 is 36.5 Å². The largest absolute Gasteiger partial charge is 0.377 e. The molecule has 2 aliphatic rings. The Labute approximate surface area is 372 Å². The Bertz CT molecular complexity index is 2770. The molecular weight excluding hydrogens is 833 g/mol. The van der Waals surface area contributed by atoms with Gasteiger partial charge in [0.2, 0.25) is 0 Å². The highest BCUT2D eigenvalue weighted by molar-refractivity contribution is 7.85. The van der Waals surface area contributed by atoms with E-state index >= 15 is 0 Å². The lowest BCUT2D eigenvalue weighted by Gasteiger charge is -2.25. The first-order chi connectivity index (χ1) is 31.0. The summed E-state index contributed by atoms with van der Waals surface area (Å²) in [6, 6.07) is 28.7. The Balaban J connectivity index is 0.000000192. The minimum Gasteiger partial charge on any atom is -0.377 e.